The Balaban J connectivity index is 1.55. The number of aromatic nitrogens is 1. The van der Waals surface area contributed by atoms with Gasteiger partial charge in [-0.15, -0.1) is 0 Å². The smallest absolute Gasteiger partial charge is 0.269 e. The van der Waals surface area contributed by atoms with Gasteiger partial charge < -0.3 is 15.4 Å². The third-order valence-electron chi connectivity index (χ3n) is 4.07. The molecule has 0 aliphatic heterocycles. The molecule has 3 aromatic rings. The van der Waals surface area contributed by atoms with Gasteiger partial charge in [0.25, 0.3) is 5.91 Å². The number of amides is 1. The number of para-hydroxylation sites is 2. The summed E-state index contributed by atoms with van der Waals surface area (Å²) < 4.78 is 18.5. The van der Waals surface area contributed by atoms with Crippen molar-refractivity contribution >= 4 is 17.3 Å². The van der Waals surface area contributed by atoms with Gasteiger partial charge in [0.2, 0.25) is 0 Å². The van der Waals surface area contributed by atoms with Crippen LogP contribution in [0.3, 0.4) is 0 Å². The van der Waals surface area contributed by atoms with Gasteiger partial charge in [-0.05, 0) is 55.3 Å². The predicted molar refractivity (Wildman–Crippen MR) is 108 cm³/mol. The molecule has 0 aliphatic carbocycles. The Morgan fingerprint density at radius 3 is 2.57 bits per heavy atom. The van der Waals surface area contributed by atoms with Crippen LogP contribution >= 0.6 is 0 Å². The number of carbonyl (C=O) groups is 1. The number of hydrogen-bond acceptors (Lipinski definition) is 4. The zero-order valence-corrected chi connectivity index (χ0v) is 15.6. The molecule has 0 atom stereocenters. The van der Waals surface area contributed by atoms with Crippen molar-refractivity contribution in [2.24, 2.45) is 0 Å². The molecule has 0 bridgehead atoms. The standard InChI is InChI=1S/C22H22FN3O2/c1-2-28-21-6-4-3-5-19(21)26-18-11-12-20(25-15-18)22(27)24-14-13-16-7-9-17(23)10-8-16/h3-12,15,26H,2,13-14H2,1H3,(H,24,27). The van der Waals surface area contributed by atoms with Crippen molar-refractivity contribution in [3.05, 3.63) is 83.9 Å². The molecule has 0 radical (unpaired) electrons. The zero-order chi connectivity index (χ0) is 19.8. The van der Waals surface area contributed by atoms with Crippen molar-refractivity contribution in [1.82, 2.24) is 10.3 Å². The fourth-order valence-electron chi connectivity index (χ4n) is 2.67. The summed E-state index contributed by atoms with van der Waals surface area (Å²) in [5.41, 5.74) is 2.89. The number of hydrogen-bond donors (Lipinski definition) is 2. The molecule has 0 saturated carbocycles. The molecule has 0 saturated heterocycles. The summed E-state index contributed by atoms with van der Waals surface area (Å²) in [6.45, 7) is 2.96. The first-order chi connectivity index (χ1) is 13.7. The van der Waals surface area contributed by atoms with Crippen LogP contribution in [0.4, 0.5) is 15.8 Å². The van der Waals surface area contributed by atoms with Crippen LogP contribution < -0.4 is 15.4 Å². The molecular weight excluding hydrogens is 357 g/mol. The number of ether oxygens (including phenoxy) is 1. The van der Waals surface area contributed by atoms with Crippen LogP contribution in [0.5, 0.6) is 5.75 Å². The second-order valence-corrected chi connectivity index (χ2v) is 6.12. The SMILES string of the molecule is CCOc1ccccc1Nc1ccc(C(=O)NCCc2ccc(F)cc2)nc1. The monoisotopic (exact) mass is 379 g/mol. The van der Waals surface area contributed by atoms with E-state index in [-0.39, 0.29) is 11.7 Å². The highest BCUT2D eigenvalue weighted by Gasteiger charge is 2.08. The van der Waals surface area contributed by atoms with Gasteiger partial charge in [-0.2, -0.15) is 0 Å². The zero-order valence-electron chi connectivity index (χ0n) is 15.6. The maximum absolute atomic E-state index is 12.9. The Kier molecular flexibility index (Phi) is 6.57. The van der Waals surface area contributed by atoms with E-state index >= 15 is 0 Å². The lowest BCUT2D eigenvalue weighted by atomic mass is 10.1. The highest BCUT2D eigenvalue weighted by atomic mass is 19.1. The first-order valence-corrected chi connectivity index (χ1v) is 9.13. The van der Waals surface area contributed by atoms with Gasteiger partial charge in [-0.25, -0.2) is 9.37 Å². The van der Waals surface area contributed by atoms with E-state index in [1.807, 2.05) is 31.2 Å². The highest BCUT2D eigenvalue weighted by molar-refractivity contribution is 5.92. The van der Waals surface area contributed by atoms with E-state index in [4.69, 9.17) is 4.74 Å². The summed E-state index contributed by atoms with van der Waals surface area (Å²) in [6, 6.07) is 17.3. The molecule has 2 N–H and O–H groups in total. The number of carbonyl (C=O) groups excluding carboxylic acids is 1. The van der Waals surface area contributed by atoms with Gasteiger partial charge in [0.05, 0.1) is 24.2 Å². The predicted octanol–water partition coefficient (Wildman–Crippen LogP) is 4.34. The Morgan fingerprint density at radius 1 is 1.07 bits per heavy atom. The Morgan fingerprint density at radius 2 is 1.86 bits per heavy atom. The Labute approximate surface area is 163 Å². The normalized spacial score (nSPS) is 10.4. The second-order valence-electron chi connectivity index (χ2n) is 6.12. The maximum atomic E-state index is 12.9. The van der Waals surface area contributed by atoms with Crippen LogP contribution in [-0.2, 0) is 6.42 Å². The van der Waals surface area contributed by atoms with Crippen LogP contribution in [0.2, 0.25) is 0 Å². The molecule has 6 heteroatoms. The number of nitrogens with zero attached hydrogens (tertiary/aromatic N) is 1. The van der Waals surface area contributed by atoms with Crippen molar-refractivity contribution in [1.29, 1.82) is 0 Å². The number of benzene rings is 2. The minimum absolute atomic E-state index is 0.247. The van der Waals surface area contributed by atoms with Crippen molar-refractivity contribution in [3.63, 3.8) is 0 Å². The van der Waals surface area contributed by atoms with E-state index in [0.717, 1.165) is 22.7 Å². The molecule has 144 valence electrons. The van der Waals surface area contributed by atoms with E-state index in [1.54, 1.807) is 30.5 Å². The number of anilines is 2. The molecule has 28 heavy (non-hydrogen) atoms. The largest absolute Gasteiger partial charge is 0.492 e. The maximum Gasteiger partial charge on any atom is 0.269 e. The van der Waals surface area contributed by atoms with Gasteiger partial charge in [0.1, 0.15) is 17.3 Å². The summed E-state index contributed by atoms with van der Waals surface area (Å²) in [5, 5.41) is 6.06. The molecule has 3 rings (SSSR count). The van der Waals surface area contributed by atoms with E-state index < -0.39 is 0 Å². The first-order valence-electron chi connectivity index (χ1n) is 9.13. The third kappa shape index (κ3) is 5.30. The molecule has 5 nitrogen and oxygen atoms in total. The average Bonchev–Trinajstić information content (AvgIpc) is 2.71. The van der Waals surface area contributed by atoms with Crippen LogP contribution in [0, 0.1) is 5.82 Å². The molecule has 0 aliphatic rings. The first kappa shape index (κ1) is 19.4. The summed E-state index contributed by atoms with van der Waals surface area (Å²) in [6.07, 6.45) is 2.23. The molecule has 2 aromatic carbocycles. The quantitative estimate of drug-likeness (QED) is 0.611. The third-order valence-corrected chi connectivity index (χ3v) is 4.07. The number of halogens is 1. The number of pyridine rings is 1. The van der Waals surface area contributed by atoms with Crippen LogP contribution in [0.15, 0.2) is 66.9 Å². The molecule has 1 aromatic heterocycles. The van der Waals surface area contributed by atoms with E-state index in [2.05, 4.69) is 15.6 Å². The van der Waals surface area contributed by atoms with E-state index in [0.29, 0.717) is 25.3 Å². The molecule has 1 heterocycles. The lowest BCUT2D eigenvalue weighted by Crippen LogP contribution is -2.26. The van der Waals surface area contributed by atoms with Crippen molar-refractivity contribution in [2.75, 3.05) is 18.5 Å². The Hall–Kier alpha value is -3.41. The lowest BCUT2D eigenvalue weighted by molar-refractivity contribution is 0.0949. The van der Waals surface area contributed by atoms with Gasteiger partial charge in [0, 0.05) is 6.54 Å². The fourth-order valence-corrected chi connectivity index (χ4v) is 2.67. The molecular formula is C22H22FN3O2. The minimum Gasteiger partial charge on any atom is -0.492 e. The topological polar surface area (TPSA) is 63.2 Å². The van der Waals surface area contributed by atoms with Crippen molar-refractivity contribution < 1.29 is 13.9 Å². The molecule has 0 fully saturated rings. The molecule has 1 amide bonds. The van der Waals surface area contributed by atoms with Gasteiger partial charge in [-0.1, -0.05) is 24.3 Å². The van der Waals surface area contributed by atoms with E-state index in [1.165, 1.54) is 12.1 Å². The van der Waals surface area contributed by atoms with Gasteiger partial charge in [-0.3, -0.25) is 4.79 Å². The summed E-state index contributed by atoms with van der Waals surface area (Å²) in [7, 11) is 0. The van der Waals surface area contributed by atoms with Gasteiger partial charge in [0.15, 0.2) is 0 Å². The highest BCUT2D eigenvalue weighted by Crippen LogP contribution is 2.27. The number of rotatable bonds is 8. The summed E-state index contributed by atoms with van der Waals surface area (Å²) >= 11 is 0. The second kappa shape index (κ2) is 9.50. The molecule has 0 spiro atoms. The van der Waals surface area contributed by atoms with Crippen LogP contribution in [0.25, 0.3) is 0 Å². The molecule has 0 unspecified atom stereocenters. The van der Waals surface area contributed by atoms with Crippen molar-refractivity contribution in [3.8, 4) is 5.75 Å². The summed E-state index contributed by atoms with van der Waals surface area (Å²) in [5.74, 6) is 0.241. The number of nitrogens with one attached hydrogen (secondary N) is 2. The summed E-state index contributed by atoms with van der Waals surface area (Å²) in [4.78, 5) is 16.4. The van der Waals surface area contributed by atoms with Crippen molar-refractivity contribution in [2.45, 2.75) is 13.3 Å². The Bertz CT molecular complexity index is 912. The van der Waals surface area contributed by atoms with Gasteiger partial charge >= 0.3 is 0 Å². The van der Waals surface area contributed by atoms with Crippen LogP contribution in [0.1, 0.15) is 23.0 Å². The minimum atomic E-state index is -0.269. The van der Waals surface area contributed by atoms with E-state index in [9.17, 15) is 9.18 Å². The average molecular weight is 379 g/mol. The van der Waals surface area contributed by atoms with Crippen LogP contribution in [-0.4, -0.2) is 24.0 Å². The fraction of sp³-hybridized carbons (Fsp3) is 0.182. The lowest BCUT2D eigenvalue weighted by Gasteiger charge is -2.12.